The summed E-state index contributed by atoms with van der Waals surface area (Å²) in [5.41, 5.74) is 0.141. The Morgan fingerprint density at radius 2 is 2.06 bits per heavy atom. The number of rotatable bonds is 7. The maximum Gasteiger partial charge on any atom is 0.305 e. The first-order chi connectivity index (χ1) is 8.10. The number of carboxylic acids is 1. The van der Waals surface area contributed by atoms with Gasteiger partial charge in [0.25, 0.3) is 0 Å². The Kier molecular flexibility index (Phi) is 4.05. The molecule has 0 amide bonds. The summed E-state index contributed by atoms with van der Waals surface area (Å²) in [6, 6.07) is 0. The summed E-state index contributed by atoms with van der Waals surface area (Å²) in [6.07, 6.45) is 8.07. The van der Waals surface area contributed by atoms with Gasteiger partial charge in [-0.1, -0.05) is 12.8 Å². The van der Waals surface area contributed by atoms with Crippen LogP contribution in [0.2, 0.25) is 0 Å². The van der Waals surface area contributed by atoms with Crippen LogP contribution in [0.15, 0.2) is 0 Å². The second kappa shape index (κ2) is 5.36. The Balaban J connectivity index is 1.59. The molecule has 1 unspecified atom stereocenters. The molecule has 4 nitrogen and oxygen atoms in total. The molecule has 0 radical (unpaired) electrons. The van der Waals surface area contributed by atoms with Gasteiger partial charge in [-0.15, -0.1) is 0 Å². The third-order valence-corrected chi connectivity index (χ3v) is 4.09. The van der Waals surface area contributed by atoms with E-state index >= 15 is 0 Å². The maximum absolute atomic E-state index is 10.4. The van der Waals surface area contributed by atoms with Crippen LogP contribution in [0.25, 0.3) is 0 Å². The standard InChI is InChI=1S/C13H22O4/c14-10(9-12(15)16)3-1-2-6-13-7-4-11(17-13)5-8-13/h10-11,14H,1-9H2,(H,15,16). The zero-order valence-electron chi connectivity index (χ0n) is 10.2. The second-order valence-electron chi connectivity index (χ2n) is 5.50. The maximum atomic E-state index is 10.4. The molecule has 0 aromatic carbocycles. The van der Waals surface area contributed by atoms with E-state index in [1.54, 1.807) is 0 Å². The largest absolute Gasteiger partial charge is 0.481 e. The zero-order chi connectivity index (χ0) is 12.3. The summed E-state index contributed by atoms with van der Waals surface area (Å²) >= 11 is 0. The average molecular weight is 242 g/mol. The predicted octanol–water partition coefficient (Wildman–Crippen LogP) is 2.09. The molecule has 98 valence electrons. The minimum atomic E-state index is -0.922. The van der Waals surface area contributed by atoms with Gasteiger partial charge in [0.05, 0.1) is 24.2 Å². The summed E-state index contributed by atoms with van der Waals surface area (Å²) in [5.74, 6) is -0.922. The highest BCUT2D eigenvalue weighted by Crippen LogP contribution is 2.46. The molecule has 0 aliphatic carbocycles. The molecule has 2 aliphatic rings. The number of carboxylic acid groups (broad SMARTS) is 1. The van der Waals surface area contributed by atoms with E-state index in [1.807, 2.05) is 0 Å². The lowest BCUT2D eigenvalue weighted by Gasteiger charge is -2.24. The Morgan fingerprint density at radius 3 is 2.59 bits per heavy atom. The van der Waals surface area contributed by atoms with Crippen LogP contribution in [-0.4, -0.2) is 34.0 Å². The normalized spacial score (nSPS) is 32.9. The number of hydrogen-bond acceptors (Lipinski definition) is 3. The molecule has 2 saturated heterocycles. The number of carbonyl (C=O) groups is 1. The fourth-order valence-electron chi connectivity index (χ4n) is 3.15. The number of aliphatic hydroxyl groups is 1. The molecule has 2 aliphatic heterocycles. The number of ether oxygens (including phenoxy) is 1. The first kappa shape index (κ1) is 12.8. The van der Waals surface area contributed by atoms with E-state index in [0.717, 1.165) is 19.3 Å². The van der Waals surface area contributed by atoms with Crippen molar-refractivity contribution in [2.75, 3.05) is 0 Å². The van der Waals surface area contributed by atoms with Crippen molar-refractivity contribution in [1.29, 1.82) is 0 Å². The molecule has 0 aromatic heterocycles. The Labute approximate surface area is 102 Å². The van der Waals surface area contributed by atoms with E-state index in [4.69, 9.17) is 9.84 Å². The number of aliphatic carboxylic acids is 1. The lowest BCUT2D eigenvalue weighted by Crippen LogP contribution is -2.24. The highest BCUT2D eigenvalue weighted by Gasteiger charge is 2.45. The third-order valence-electron chi connectivity index (χ3n) is 4.09. The van der Waals surface area contributed by atoms with Crippen molar-refractivity contribution >= 4 is 5.97 Å². The number of aliphatic hydroxyl groups excluding tert-OH is 1. The molecule has 2 rings (SSSR count). The van der Waals surface area contributed by atoms with Crippen molar-refractivity contribution < 1.29 is 19.7 Å². The molecule has 0 aromatic rings. The zero-order valence-corrected chi connectivity index (χ0v) is 10.2. The minimum absolute atomic E-state index is 0.135. The van der Waals surface area contributed by atoms with Gasteiger partial charge in [-0.3, -0.25) is 4.79 Å². The van der Waals surface area contributed by atoms with Gasteiger partial charge in [-0.2, -0.15) is 0 Å². The summed E-state index contributed by atoms with van der Waals surface area (Å²) < 4.78 is 5.97. The van der Waals surface area contributed by atoms with Gasteiger partial charge in [0.1, 0.15) is 0 Å². The van der Waals surface area contributed by atoms with Crippen LogP contribution in [-0.2, 0) is 9.53 Å². The van der Waals surface area contributed by atoms with E-state index < -0.39 is 12.1 Å². The summed E-state index contributed by atoms with van der Waals surface area (Å²) in [4.78, 5) is 10.4. The van der Waals surface area contributed by atoms with Crippen LogP contribution < -0.4 is 0 Å². The topological polar surface area (TPSA) is 66.8 Å². The van der Waals surface area contributed by atoms with Crippen LogP contribution >= 0.6 is 0 Å². The highest BCUT2D eigenvalue weighted by molar-refractivity contribution is 5.67. The van der Waals surface area contributed by atoms with Gasteiger partial charge < -0.3 is 14.9 Å². The van der Waals surface area contributed by atoms with E-state index in [0.29, 0.717) is 12.5 Å². The molecule has 2 N–H and O–H groups in total. The molecule has 2 bridgehead atoms. The van der Waals surface area contributed by atoms with Crippen molar-refractivity contribution in [2.45, 2.75) is 75.6 Å². The number of fused-ring (bicyclic) bond motifs is 2. The lowest BCUT2D eigenvalue weighted by molar-refractivity contribution is -0.139. The van der Waals surface area contributed by atoms with Crippen molar-refractivity contribution in [2.24, 2.45) is 0 Å². The van der Waals surface area contributed by atoms with E-state index in [1.165, 1.54) is 25.7 Å². The molecule has 2 fully saturated rings. The summed E-state index contributed by atoms with van der Waals surface area (Å²) in [7, 11) is 0. The fourth-order valence-corrected chi connectivity index (χ4v) is 3.15. The molecule has 4 heteroatoms. The quantitative estimate of drug-likeness (QED) is 0.671. The van der Waals surface area contributed by atoms with Gasteiger partial charge in [-0.05, 0) is 38.5 Å². The summed E-state index contributed by atoms with van der Waals surface area (Å²) in [5, 5.41) is 17.9. The monoisotopic (exact) mass is 242 g/mol. The van der Waals surface area contributed by atoms with Crippen molar-refractivity contribution in [3.63, 3.8) is 0 Å². The van der Waals surface area contributed by atoms with Crippen molar-refractivity contribution in [1.82, 2.24) is 0 Å². The SMILES string of the molecule is O=C(O)CC(O)CCCCC12CCC(CC1)O2. The smallest absolute Gasteiger partial charge is 0.305 e. The Morgan fingerprint density at radius 1 is 1.35 bits per heavy atom. The molecular weight excluding hydrogens is 220 g/mol. The molecule has 2 heterocycles. The molecule has 17 heavy (non-hydrogen) atoms. The Hall–Kier alpha value is -0.610. The van der Waals surface area contributed by atoms with Gasteiger partial charge in [0.15, 0.2) is 0 Å². The molecule has 0 spiro atoms. The highest BCUT2D eigenvalue weighted by atomic mass is 16.5. The van der Waals surface area contributed by atoms with Gasteiger partial charge in [0, 0.05) is 0 Å². The Bertz CT molecular complexity index is 269. The first-order valence-corrected chi connectivity index (χ1v) is 6.67. The summed E-state index contributed by atoms with van der Waals surface area (Å²) in [6.45, 7) is 0. The van der Waals surface area contributed by atoms with Crippen LogP contribution in [0.5, 0.6) is 0 Å². The second-order valence-corrected chi connectivity index (χ2v) is 5.50. The van der Waals surface area contributed by atoms with Crippen LogP contribution in [0.1, 0.15) is 57.8 Å². The van der Waals surface area contributed by atoms with E-state index in [2.05, 4.69) is 0 Å². The van der Waals surface area contributed by atoms with Gasteiger partial charge >= 0.3 is 5.97 Å². The van der Waals surface area contributed by atoms with E-state index in [9.17, 15) is 9.90 Å². The van der Waals surface area contributed by atoms with Crippen molar-refractivity contribution in [3.05, 3.63) is 0 Å². The average Bonchev–Trinajstić information content (AvgIpc) is 2.84. The van der Waals surface area contributed by atoms with Gasteiger partial charge in [-0.25, -0.2) is 0 Å². The molecule has 1 atom stereocenters. The third kappa shape index (κ3) is 3.42. The molecular formula is C13H22O4. The van der Waals surface area contributed by atoms with Crippen LogP contribution in [0, 0.1) is 0 Å². The first-order valence-electron chi connectivity index (χ1n) is 6.67. The van der Waals surface area contributed by atoms with Crippen molar-refractivity contribution in [3.8, 4) is 0 Å². The predicted molar refractivity (Wildman–Crippen MR) is 62.8 cm³/mol. The van der Waals surface area contributed by atoms with Crippen LogP contribution in [0.3, 0.4) is 0 Å². The number of hydrogen-bond donors (Lipinski definition) is 2. The fraction of sp³-hybridized carbons (Fsp3) is 0.923. The van der Waals surface area contributed by atoms with E-state index in [-0.39, 0.29) is 12.0 Å². The molecule has 0 saturated carbocycles. The van der Waals surface area contributed by atoms with Gasteiger partial charge in [0.2, 0.25) is 0 Å². The minimum Gasteiger partial charge on any atom is -0.481 e. The van der Waals surface area contributed by atoms with Crippen LogP contribution in [0.4, 0.5) is 0 Å². The lowest BCUT2D eigenvalue weighted by atomic mass is 9.84. The number of unbranched alkanes of at least 4 members (excludes halogenated alkanes) is 1.